The van der Waals surface area contributed by atoms with Crippen molar-refractivity contribution in [2.75, 3.05) is 19.8 Å². The van der Waals surface area contributed by atoms with Gasteiger partial charge in [0.1, 0.15) is 5.75 Å². The Kier molecular flexibility index (Phi) is 8.27. The summed E-state index contributed by atoms with van der Waals surface area (Å²) < 4.78 is 46.7. The molecule has 0 radical (unpaired) electrons. The number of alkyl halides is 3. The summed E-state index contributed by atoms with van der Waals surface area (Å²) >= 11 is 3.35. The predicted octanol–water partition coefficient (Wildman–Crippen LogP) is 4.17. The number of aliphatic hydroxyl groups is 2. The number of halogens is 4. The summed E-state index contributed by atoms with van der Waals surface area (Å²) in [6, 6.07) is 11.4. The summed E-state index contributed by atoms with van der Waals surface area (Å²) in [6.45, 7) is -0.924. The average molecular weight is 474 g/mol. The first kappa shape index (κ1) is 23.4. The highest BCUT2D eigenvalue weighted by atomic mass is 79.9. The Labute approximate surface area is 175 Å². The van der Waals surface area contributed by atoms with Gasteiger partial charge >= 0.3 is 6.18 Å². The highest BCUT2D eigenvalue weighted by Gasteiger charge is 2.34. The topological polar surface area (TPSA) is 75.7 Å². The molecular weight excluding hydrogens is 451 g/mol. The van der Waals surface area contributed by atoms with Crippen molar-refractivity contribution in [1.29, 1.82) is 0 Å². The number of aliphatic hydroxyl groups excluding tert-OH is 2. The molecule has 0 aliphatic heterocycles. The Hall–Kier alpha value is -1.87. The quantitative estimate of drug-likeness (QED) is 0.477. The van der Waals surface area contributed by atoms with Crippen LogP contribution in [-0.2, 0) is 12.6 Å². The smallest absolute Gasteiger partial charge is 0.419 e. The molecule has 0 bridgehead atoms. The van der Waals surface area contributed by atoms with Crippen molar-refractivity contribution in [3.8, 4) is 5.75 Å². The number of hydrogen-bond donors (Lipinski definition) is 3. The van der Waals surface area contributed by atoms with Gasteiger partial charge in [-0.05, 0) is 48.2 Å². The van der Waals surface area contributed by atoms with Crippen LogP contribution in [0.3, 0.4) is 0 Å². The molecular formula is C21H23BrF3NO3. The van der Waals surface area contributed by atoms with Gasteiger partial charge in [-0.25, -0.2) is 0 Å². The summed E-state index contributed by atoms with van der Waals surface area (Å²) in [7, 11) is 0. The summed E-state index contributed by atoms with van der Waals surface area (Å²) in [5.74, 6) is -0.242. The van der Waals surface area contributed by atoms with E-state index in [9.17, 15) is 13.2 Å². The van der Waals surface area contributed by atoms with Crippen molar-refractivity contribution >= 4 is 22.0 Å². The van der Waals surface area contributed by atoms with Crippen molar-refractivity contribution in [2.24, 2.45) is 5.73 Å². The maximum absolute atomic E-state index is 13.4. The Balaban J connectivity index is 2.07. The third-order valence-corrected chi connectivity index (χ3v) is 4.81. The number of benzene rings is 2. The van der Waals surface area contributed by atoms with E-state index >= 15 is 0 Å². The van der Waals surface area contributed by atoms with Crippen LogP contribution in [0.2, 0.25) is 0 Å². The van der Waals surface area contributed by atoms with Crippen molar-refractivity contribution in [1.82, 2.24) is 0 Å². The number of aryl methyl sites for hydroxylation is 1. The lowest BCUT2D eigenvalue weighted by Crippen LogP contribution is -2.45. The predicted molar refractivity (Wildman–Crippen MR) is 110 cm³/mol. The number of hydrogen-bond acceptors (Lipinski definition) is 4. The molecule has 4 N–H and O–H groups in total. The second kappa shape index (κ2) is 10.2. The van der Waals surface area contributed by atoms with Gasteiger partial charge in [0.05, 0.1) is 30.9 Å². The van der Waals surface area contributed by atoms with Crippen LogP contribution in [0, 0.1) is 0 Å². The van der Waals surface area contributed by atoms with Gasteiger partial charge in [-0.15, -0.1) is 0 Å². The molecule has 0 unspecified atom stereocenters. The van der Waals surface area contributed by atoms with Crippen LogP contribution < -0.4 is 10.5 Å². The van der Waals surface area contributed by atoms with E-state index in [1.807, 2.05) is 24.3 Å². The molecule has 0 atom stereocenters. The van der Waals surface area contributed by atoms with Gasteiger partial charge in [-0.2, -0.15) is 13.2 Å². The monoisotopic (exact) mass is 473 g/mol. The molecule has 0 saturated heterocycles. The van der Waals surface area contributed by atoms with Crippen LogP contribution in [0.1, 0.15) is 23.1 Å². The number of nitrogens with two attached hydrogens (primary N) is 1. The molecule has 2 aromatic rings. The zero-order chi connectivity index (χ0) is 21.5. The molecule has 29 heavy (non-hydrogen) atoms. The minimum absolute atomic E-state index is 0.148. The first-order chi connectivity index (χ1) is 13.7. The lowest BCUT2D eigenvalue weighted by atomic mass is 10.0. The SMILES string of the molecule is NC(/C=C/c1ccc(OCCCc2ccc(Br)cc2)c(C(F)(F)F)c1)(CO)CO. The lowest BCUT2D eigenvalue weighted by Gasteiger charge is -2.20. The number of rotatable bonds is 9. The molecule has 4 nitrogen and oxygen atoms in total. The standard InChI is InChI=1S/C21H23BrF3NO3/c22-17-6-3-15(4-7-17)2-1-11-29-19-8-5-16(12-18(19)21(23,24)25)9-10-20(26,13-27)14-28/h3-10,12,27-28H,1-2,11,13-14,26H2/b10-9+. The molecule has 158 valence electrons. The largest absolute Gasteiger partial charge is 0.493 e. The first-order valence-electron chi connectivity index (χ1n) is 8.95. The molecule has 8 heteroatoms. The molecule has 0 amide bonds. The van der Waals surface area contributed by atoms with E-state index in [0.717, 1.165) is 16.1 Å². The van der Waals surface area contributed by atoms with Gasteiger partial charge in [0, 0.05) is 4.47 Å². The van der Waals surface area contributed by atoms with Crippen molar-refractivity contribution in [3.63, 3.8) is 0 Å². The fourth-order valence-corrected chi connectivity index (χ4v) is 2.79. The molecule has 0 spiro atoms. The second-order valence-electron chi connectivity index (χ2n) is 6.71. The van der Waals surface area contributed by atoms with Gasteiger partial charge < -0.3 is 20.7 Å². The highest BCUT2D eigenvalue weighted by Crippen LogP contribution is 2.37. The van der Waals surface area contributed by atoms with Crippen LogP contribution >= 0.6 is 15.9 Å². The van der Waals surface area contributed by atoms with Crippen LogP contribution in [-0.4, -0.2) is 35.6 Å². The van der Waals surface area contributed by atoms with E-state index in [4.69, 9.17) is 20.7 Å². The van der Waals surface area contributed by atoms with Gasteiger partial charge in [0.25, 0.3) is 0 Å². The maximum Gasteiger partial charge on any atom is 0.419 e. The van der Waals surface area contributed by atoms with Gasteiger partial charge in [-0.1, -0.05) is 46.3 Å². The minimum atomic E-state index is -4.58. The van der Waals surface area contributed by atoms with Crippen LogP contribution in [0.25, 0.3) is 6.08 Å². The van der Waals surface area contributed by atoms with Crippen LogP contribution in [0.5, 0.6) is 5.75 Å². The fourth-order valence-electron chi connectivity index (χ4n) is 2.53. The molecule has 0 aromatic heterocycles. The van der Waals surface area contributed by atoms with Crippen molar-refractivity contribution < 1.29 is 28.1 Å². The lowest BCUT2D eigenvalue weighted by molar-refractivity contribution is -0.139. The van der Waals surface area contributed by atoms with E-state index in [-0.39, 0.29) is 17.9 Å². The van der Waals surface area contributed by atoms with Gasteiger partial charge in [0.15, 0.2) is 0 Å². The molecule has 0 heterocycles. The summed E-state index contributed by atoms with van der Waals surface area (Å²) in [4.78, 5) is 0. The zero-order valence-electron chi connectivity index (χ0n) is 15.6. The Bertz CT molecular complexity index is 819. The van der Waals surface area contributed by atoms with Crippen LogP contribution in [0.15, 0.2) is 53.0 Å². The molecule has 0 saturated carbocycles. The van der Waals surface area contributed by atoms with Gasteiger partial charge in [-0.3, -0.25) is 0 Å². The molecule has 2 rings (SSSR count). The number of ether oxygens (including phenoxy) is 1. The van der Waals surface area contributed by atoms with E-state index < -0.39 is 30.5 Å². The van der Waals surface area contributed by atoms with Crippen molar-refractivity contribution in [3.05, 3.63) is 69.7 Å². The van der Waals surface area contributed by atoms with Crippen molar-refractivity contribution in [2.45, 2.75) is 24.6 Å². The highest BCUT2D eigenvalue weighted by molar-refractivity contribution is 9.10. The molecule has 2 aromatic carbocycles. The summed E-state index contributed by atoms with van der Waals surface area (Å²) in [5, 5.41) is 18.3. The molecule has 0 fully saturated rings. The molecule has 0 aliphatic carbocycles. The van der Waals surface area contributed by atoms with Gasteiger partial charge in [0.2, 0.25) is 0 Å². The Morgan fingerprint density at radius 3 is 2.28 bits per heavy atom. The summed E-state index contributed by atoms with van der Waals surface area (Å²) in [5.41, 5.74) is 4.71. The maximum atomic E-state index is 13.4. The third-order valence-electron chi connectivity index (χ3n) is 4.29. The average Bonchev–Trinajstić information content (AvgIpc) is 2.70. The van der Waals surface area contributed by atoms with Crippen LogP contribution in [0.4, 0.5) is 13.2 Å². The fraction of sp³-hybridized carbons (Fsp3) is 0.333. The van der Waals surface area contributed by atoms with E-state index in [1.165, 1.54) is 24.3 Å². The first-order valence-corrected chi connectivity index (χ1v) is 9.74. The third kappa shape index (κ3) is 7.15. The Morgan fingerprint density at radius 1 is 1.03 bits per heavy atom. The molecule has 0 aliphatic rings. The minimum Gasteiger partial charge on any atom is -0.493 e. The van der Waals surface area contributed by atoms with E-state index in [1.54, 1.807) is 0 Å². The Morgan fingerprint density at radius 2 is 1.69 bits per heavy atom. The summed E-state index contributed by atoms with van der Waals surface area (Å²) in [6.07, 6.45) is -0.710. The van der Waals surface area contributed by atoms with E-state index in [2.05, 4.69) is 15.9 Å². The normalized spacial score (nSPS) is 12.5. The van der Waals surface area contributed by atoms with E-state index in [0.29, 0.717) is 12.8 Å². The second-order valence-corrected chi connectivity index (χ2v) is 7.63. The zero-order valence-corrected chi connectivity index (χ0v) is 17.2.